The van der Waals surface area contributed by atoms with Crippen LogP contribution in [0.1, 0.15) is 12.8 Å². The molecule has 2 N–H and O–H groups in total. The van der Waals surface area contributed by atoms with Gasteiger partial charge < -0.3 is 15.4 Å². The summed E-state index contributed by atoms with van der Waals surface area (Å²) >= 11 is 0. The minimum atomic E-state index is -0.193. The van der Waals surface area contributed by atoms with Crippen molar-refractivity contribution in [2.24, 2.45) is 0 Å². The summed E-state index contributed by atoms with van der Waals surface area (Å²) in [6, 6.07) is 0. The van der Waals surface area contributed by atoms with Gasteiger partial charge in [-0.25, -0.2) is 0 Å². The molecule has 1 aliphatic rings. The van der Waals surface area contributed by atoms with E-state index in [4.69, 9.17) is 4.74 Å². The Morgan fingerprint density at radius 3 is 3.00 bits per heavy atom. The molecule has 1 heterocycles. The molecular weight excluding hydrogens is 156 g/mol. The molecule has 70 valence electrons. The van der Waals surface area contributed by atoms with Gasteiger partial charge in [-0.05, 0) is 19.9 Å². The first kappa shape index (κ1) is 9.48. The molecular formula is C8H16N2O2. The average molecular weight is 172 g/mol. The minimum Gasteiger partial charge on any atom is -0.368 e. The van der Waals surface area contributed by atoms with Crippen molar-refractivity contribution in [2.45, 2.75) is 18.9 Å². The topological polar surface area (TPSA) is 50.4 Å². The van der Waals surface area contributed by atoms with Crippen molar-refractivity contribution in [1.29, 1.82) is 0 Å². The summed E-state index contributed by atoms with van der Waals surface area (Å²) in [6.45, 7) is 2.21. The normalized spacial score (nSPS) is 22.6. The first-order chi connectivity index (χ1) is 5.84. The van der Waals surface area contributed by atoms with Crippen molar-refractivity contribution in [3.8, 4) is 0 Å². The van der Waals surface area contributed by atoms with E-state index in [1.807, 2.05) is 7.05 Å². The van der Waals surface area contributed by atoms with Gasteiger partial charge in [0.15, 0.2) is 0 Å². The molecule has 1 rings (SSSR count). The summed E-state index contributed by atoms with van der Waals surface area (Å²) in [5, 5.41) is 5.76. The van der Waals surface area contributed by atoms with E-state index in [9.17, 15) is 4.79 Å². The predicted octanol–water partition coefficient (Wildman–Crippen LogP) is -0.499. The molecule has 0 aliphatic carbocycles. The second-order valence-corrected chi connectivity index (χ2v) is 2.90. The highest BCUT2D eigenvalue weighted by Crippen LogP contribution is 2.11. The van der Waals surface area contributed by atoms with Gasteiger partial charge in [0.1, 0.15) is 6.10 Å². The zero-order valence-corrected chi connectivity index (χ0v) is 7.43. The Morgan fingerprint density at radius 2 is 2.42 bits per heavy atom. The quantitative estimate of drug-likeness (QED) is 0.562. The van der Waals surface area contributed by atoms with Gasteiger partial charge in [-0.3, -0.25) is 4.79 Å². The number of rotatable bonds is 4. The zero-order chi connectivity index (χ0) is 8.81. The third-order valence-electron chi connectivity index (χ3n) is 1.90. The smallest absolute Gasteiger partial charge is 0.249 e. The van der Waals surface area contributed by atoms with Crippen LogP contribution in [0.15, 0.2) is 0 Å². The lowest BCUT2D eigenvalue weighted by Gasteiger charge is -2.09. The summed E-state index contributed by atoms with van der Waals surface area (Å²) < 4.78 is 5.21. The second kappa shape index (κ2) is 5.11. The Balaban J connectivity index is 2.10. The van der Waals surface area contributed by atoms with Crippen molar-refractivity contribution in [1.82, 2.24) is 10.6 Å². The van der Waals surface area contributed by atoms with Crippen LogP contribution >= 0.6 is 0 Å². The maximum atomic E-state index is 11.3. The van der Waals surface area contributed by atoms with Crippen LogP contribution in [0, 0.1) is 0 Å². The molecule has 0 aromatic heterocycles. The van der Waals surface area contributed by atoms with Crippen molar-refractivity contribution >= 4 is 5.91 Å². The van der Waals surface area contributed by atoms with Gasteiger partial charge in [0.2, 0.25) is 5.91 Å². The van der Waals surface area contributed by atoms with Gasteiger partial charge in [0.25, 0.3) is 0 Å². The number of ether oxygens (including phenoxy) is 1. The highest BCUT2D eigenvalue weighted by molar-refractivity contribution is 5.80. The molecule has 1 unspecified atom stereocenters. The standard InChI is InChI=1S/C8H16N2O2/c1-9-4-5-10-8(11)7-3-2-6-12-7/h7,9H,2-6H2,1H3,(H,10,11). The molecule has 0 aromatic rings. The van der Waals surface area contributed by atoms with Crippen LogP contribution in [0.4, 0.5) is 0 Å². The first-order valence-corrected chi connectivity index (χ1v) is 4.38. The Morgan fingerprint density at radius 1 is 1.58 bits per heavy atom. The van der Waals surface area contributed by atoms with Crippen molar-refractivity contribution in [2.75, 3.05) is 26.7 Å². The molecule has 0 spiro atoms. The molecule has 1 amide bonds. The monoisotopic (exact) mass is 172 g/mol. The van der Waals surface area contributed by atoms with Gasteiger partial charge in [0.05, 0.1) is 0 Å². The van der Waals surface area contributed by atoms with Crippen LogP contribution < -0.4 is 10.6 Å². The number of amides is 1. The number of nitrogens with one attached hydrogen (secondary N) is 2. The van der Waals surface area contributed by atoms with Crippen LogP contribution in [0.2, 0.25) is 0 Å². The molecule has 1 fully saturated rings. The van der Waals surface area contributed by atoms with Crippen LogP contribution in [-0.2, 0) is 9.53 Å². The number of carbonyl (C=O) groups is 1. The number of carbonyl (C=O) groups excluding carboxylic acids is 1. The maximum absolute atomic E-state index is 11.3. The predicted molar refractivity (Wildman–Crippen MR) is 45.9 cm³/mol. The zero-order valence-electron chi connectivity index (χ0n) is 7.43. The summed E-state index contributed by atoms with van der Waals surface area (Å²) in [7, 11) is 1.86. The fraction of sp³-hybridized carbons (Fsp3) is 0.875. The number of hydrogen-bond acceptors (Lipinski definition) is 3. The molecule has 12 heavy (non-hydrogen) atoms. The highest BCUT2D eigenvalue weighted by Gasteiger charge is 2.22. The summed E-state index contributed by atoms with van der Waals surface area (Å²) in [5.41, 5.74) is 0. The Labute approximate surface area is 72.7 Å². The van der Waals surface area contributed by atoms with Crippen LogP contribution in [0.5, 0.6) is 0 Å². The Kier molecular flexibility index (Phi) is 4.04. The fourth-order valence-electron chi connectivity index (χ4n) is 1.21. The highest BCUT2D eigenvalue weighted by atomic mass is 16.5. The van der Waals surface area contributed by atoms with E-state index in [0.29, 0.717) is 6.54 Å². The Bertz CT molecular complexity index is 144. The van der Waals surface area contributed by atoms with Gasteiger partial charge in [-0.15, -0.1) is 0 Å². The maximum Gasteiger partial charge on any atom is 0.249 e. The van der Waals surface area contributed by atoms with Gasteiger partial charge in [-0.2, -0.15) is 0 Å². The second-order valence-electron chi connectivity index (χ2n) is 2.90. The molecule has 0 aromatic carbocycles. The third kappa shape index (κ3) is 2.79. The van der Waals surface area contributed by atoms with Crippen molar-refractivity contribution < 1.29 is 9.53 Å². The lowest BCUT2D eigenvalue weighted by atomic mass is 10.2. The van der Waals surface area contributed by atoms with Crippen LogP contribution in [0.3, 0.4) is 0 Å². The molecule has 4 heteroatoms. The van der Waals surface area contributed by atoms with Gasteiger partial charge in [-0.1, -0.05) is 0 Å². The summed E-state index contributed by atoms with van der Waals surface area (Å²) in [5.74, 6) is 0.0303. The molecule has 1 atom stereocenters. The van der Waals surface area contributed by atoms with E-state index in [1.165, 1.54) is 0 Å². The van der Waals surface area contributed by atoms with E-state index < -0.39 is 0 Å². The lowest BCUT2D eigenvalue weighted by molar-refractivity contribution is -0.129. The van der Waals surface area contributed by atoms with E-state index in [-0.39, 0.29) is 12.0 Å². The summed E-state index contributed by atoms with van der Waals surface area (Å²) in [6.07, 6.45) is 1.68. The number of hydrogen-bond donors (Lipinski definition) is 2. The fourth-order valence-corrected chi connectivity index (χ4v) is 1.21. The third-order valence-corrected chi connectivity index (χ3v) is 1.90. The Hall–Kier alpha value is -0.610. The molecule has 0 radical (unpaired) electrons. The van der Waals surface area contributed by atoms with E-state index in [0.717, 1.165) is 26.0 Å². The molecule has 1 aliphatic heterocycles. The van der Waals surface area contributed by atoms with Crippen LogP contribution in [0.25, 0.3) is 0 Å². The SMILES string of the molecule is CNCCNC(=O)C1CCCO1. The molecule has 4 nitrogen and oxygen atoms in total. The lowest BCUT2D eigenvalue weighted by Crippen LogP contribution is -2.37. The largest absolute Gasteiger partial charge is 0.368 e. The average Bonchev–Trinajstić information content (AvgIpc) is 2.56. The van der Waals surface area contributed by atoms with E-state index in [1.54, 1.807) is 0 Å². The van der Waals surface area contributed by atoms with Crippen molar-refractivity contribution in [3.05, 3.63) is 0 Å². The number of likely N-dealkylation sites (N-methyl/N-ethyl adjacent to an activating group) is 1. The molecule has 0 bridgehead atoms. The van der Waals surface area contributed by atoms with Gasteiger partial charge in [0, 0.05) is 19.7 Å². The van der Waals surface area contributed by atoms with Gasteiger partial charge >= 0.3 is 0 Å². The molecule has 0 saturated carbocycles. The first-order valence-electron chi connectivity index (χ1n) is 4.38. The van der Waals surface area contributed by atoms with Crippen LogP contribution in [-0.4, -0.2) is 38.8 Å². The van der Waals surface area contributed by atoms with Crippen molar-refractivity contribution in [3.63, 3.8) is 0 Å². The van der Waals surface area contributed by atoms with E-state index in [2.05, 4.69) is 10.6 Å². The minimum absolute atomic E-state index is 0.0303. The summed E-state index contributed by atoms with van der Waals surface area (Å²) in [4.78, 5) is 11.3. The molecule has 1 saturated heterocycles. The van der Waals surface area contributed by atoms with E-state index >= 15 is 0 Å².